The quantitative estimate of drug-likeness (QED) is 0.238. The van der Waals surface area contributed by atoms with Crippen LogP contribution in [0.1, 0.15) is 15.9 Å². The second-order valence-electron chi connectivity index (χ2n) is 10.2. The van der Waals surface area contributed by atoms with Gasteiger partial charge in [-0.3, -0.25) is 9.59 Å². The smallest absolute Gasteiger partial charge is 0.247 e. The number of carbonyl (C=O) groups excluding carboxylic acids is 2. The van der Waals surface area contributed by atoms with Crippen LogP contribution >= 0.6 is 0 Å². The molecule has 10 nitrogen and oxygen atoms in total. The summed E-state index contributed by atoms with van der Waals surface area (Å²) in [6.07, 6.45) is 3.07. The minimum atomic E-state index is -0.326. The van der Waals surface area contributed by atoms with E-state index < -0.39 is 0 Å². The number of ether oxygens (including phenoxy) is 2. The van der Waals surface area contributed by atoms with E-state index in [1.165, 1.54) is 6.08 Å². The van der Waals surface area contributed by atoms with Crippen LogP contribution < -0.4 is 25.2 Å². The molecule has 3 aromatic rings. The second kappa shape index (κ2) is 13.3. The van der Waals surface area contributed by atoms with Gasteiger partial charge in [0.1, 0.15) is 11.6 Å². The number of aromatic nitrogens is 1. The summed E-state index contributed by atoms with van der Waals surface area (Å²) in [5.74, 6) is 0.590. The summed E-state index contributed by atoms with van der Waals surface area (Å²) in [6, 6.07) is 14.6. The van der Waals surface area contributed by atoms with Gasteiger partial charge in [0, 0.05) is 69.4 Å². The van der Waals surface area contributed by atoms with Gasteiger partial charge < -0.3 is 34.8 Å². The van der Waals surface area contributed by atoms with Crippen LogP contribution in [0.2, 0.25) is 0 Å². The maximum Gasteiger partial charge on any atom is 0.247 e. The van der Waals surface area contributed by atoms with Gasteiger partial charge in [-0.25, -0.2) is 4.98 Å². The third-order valence-corrected chi connectivity index (χ3v) is 7.02. The molecule has 216 valence electrons. The number of anilines is 5. The molecule has 0 saturated carbocycles. The van der Waals surface area contributed by atoms with Crippen molar-refractivity contribution in [3.63, 3.8) is 0 Å². The zero-order valence-corrected chi connectivity index (χ0v) is 24.3. The molecule has 1 aromatic heterocycles. The molecule has 0 spiro atoms. The van der Waals surface area contributed by atoms with E-state index in [2.05, 4.69) is 32.0 Å². The number of hydrogen-bond donors (Lipinski definition) is 2. The maximum atomic E-state index is 13.3. The number of benzene rings is 2. The lowest BCUT2D eigenvalue weighted by Crippen LogP contribution is -2.51. The van der Waals surface area contributed by atoms with Crippen molar-refractivity contribution in [3.05, 3.63) is 78.5 Å². The van der Waals surface area contributed by atoms with Crippen molar-refractivity contribution in [2.45, 2.75) is 6.10 Å². The van der Waals surface area contributed by atoms with Crippen LogP contribution in [-0.4, -0.2) is 89.2 Å². The van der Waals surface area contributed by atoms with E-state index in [1.807, 2.05) is 56.4 Å². The lowest BCUT2D eigenvalue weighted by molar-refractivity contribution is -0.111. The summed E-state index contributed by atoms with van der Waals surface area (Å²) in [5.41, 5.74) is 4.12. The molecule has 2 heterocycles. The van der Waals surface area contributed by atoms with E-state index in [1.54, 1.807) is 38.6 Å². The van der Waals surface area contributed by atoms with Crippen molar-refractivity contribution in [1.29, 1.82) is 0 Å². The van der Waals surface area contributed by atoms with Gasteiger partial charge in [-0.1, -0.05) is 6.58 Å². The number of methoxy groups -OCH3 is 2. The first-order chi connectivity index (χ1) is 19.7. The number of carbonyl (C=O) groups is 2. The molecule has 1 aliphatic heterocycles. The van der Waals surface area contributed by atoms with Gasteiger partial charge in [-0.2, -0.15) is 0 Å². The van der Waals surface area contributed by atoms with Gasteiger partial charge >= 0.3 is 0 Å². The molecule has 0 bridgehead atoms. The molecule has 4 rings (SSSR count). The van der Waals surface area contributed by atoms with E-state index >= 15 is 0 Å². The Balaban J connectivity index is 1.56. The van der Waals surface area contributed by atoms with E-state index in [0.717, 1.165) is 37.6 Å². The van der Waals surface area contributed by atoms with Gasteiger partial charge in [-0.05, 0) is 62.6 Å². The average Bonchev–Trinajstić information content (AvgIpc) is 2.95. The summed E-state index contributed by atoms with van der Waals surface area (Å²) < 4.78 is 11.0. The van der Waals surface area contributed by atoms with E-state index in [0.29, 0.717) is 34.1 Å². The van der Waals surface area contributed by atoms with E-state index in [-0.39, 0.29) is 17.8 Å². The van der Waals surface area contributed by atoms with Crippen LogP contribution in [0.15, 0.2) is 67.4 Å². The van der Waals surface area contributed by atoms with E-state index in [9.17, 15) is 9.59 Å². The minimum absolute atomic E-state index is 0.107. The first kappa shape index (κ1) is 29.6. The number of rotatable bonds is 13. The number of likely N-dealkylation sites (N-methyl/N-ethyl adjacent to an activating group) is 2. The number of pyridine rings is 1. The number of hydrogen-bond acceptors (Lipinski definition) is 9. The minimum Gasteiger partial charge on any atom is -0.494 e. The molecular weight excluding hydrogens is 520 g/mol. The predicted molar refractivity (Wildman–Crippen MR) is 164 cm³/mol. The molecule has 2 N–H and O–H groups in total. The van der Waals surface area contributed by atoms with Crippen LogP contribution in [0.4, 0.5) is 28.6 Å². The Morgan fingerprint density at radius 3 is 2.39 bits per heavy atom. The molecule has 0 aliphatic carbocycles. The summed E-state index contributed by atoms with van der Waals surface area (Å²) in [4.78, 5) is 36.3. The Labute approximate surface area is 241 Å². The molecule has 1 aliphatic rings. The van der Waals surface area contributed by atoms with Crippen LogP contribution in [0.5, 0.6) is 5.75 Å². The fourth-order valence-corrected chi connectivity index (χ4v) is 4.47. The van der Waals surface area contributed by atoms with Gasteiger partial charge in [0.25, 0.3) is 0 Å². The number of nitrogens with zero attached hydrogens (tertiary/aromatic N) is 4. The highest BCUT2D eigenvalue weighted by atomic mass is 16.5. The van der Waals surface area contributed by atoms with Crippen molar-refractivity contribution in [1.82, 2.24) is 9.88 Å². The highest BCUT2D eigenvalue weighted by Gasteiger charge is 2.26. The lowest BCUT2D eigenvalue weighted by Gasteiger charge is -2.40. The number of ketones is 1. The maximum absolute atomic E-state index is 13.3. The molecule has 1 amide bonds. The van der Waals surface area contributed by atoms with Crippen molar-refractivity contribution >= 4 is 40.3 Å². The molecular formula is C31H38N6O4. The van der Waals surface area contributed by atoms with Crippen LogP contribution in [0.3, 0.4) is 0 Å². The van der Waals surface area contributed by atoms with Crippen molar-refractivity contribution < 1.29 is 19.1 Å². The molecule has 0 atom stereocenters. The Hall–Kier alpha value is -4.41. The molecule has 10 heteroatoms. The normalized spacial score (nSPS) is 13.0. The lowest BCUT2D eigenvalue weighted by atomic mass is 10.0. The Bertz CT molecular complexity index is 1390. The second-order valence-corrected chi connectivity index (χ2v) is 10.2. The molecule has 41 heavy (non-hydrogen) atoms. The number of nitrogens with one attached hydrogen (secondary N) is 2. The topological polar surface area (TPSA) is 99.3 Å². The summed E-state index contributed by atoms with van der Waals surface area (Å²) in [5, 5.41) is 6.15. The Kier molecular flexibility index (Phi) is 9.59. The molecule has 0 radical (unpaired) electrons. The van der Waals surface area contributed by atoms with Gasteiger partial charge in [0.15, 0.2) is 5.78 Å². The molecule has 2 aromatic carbocycles. The van der Waals surface area contributed by atoms with Gasteiger partial charge in [0.05, 0.1) is 30.3 Å². The van der Waals surface area contributed by atoms with Crippen LogP contribution in [0, 0.1) is 0 Å². The molecule has 0 unspecified atom stereocenters. The van der Waals surface area contributed by atoms with Crippen molar-refractivity contribution in [2.75, 3.05) is 82.0 Å². The van der Waals surface area contributed by atoms with Gasteiger partial charge in [-0.15, -0.1) is 0 Å². The monoisotopic (exact) mass is 558 g/mol. The first-order valence-electron chi connectivity index (χ1n) is 13.4. The first-order valence-corrected chi connectivity index (χ1v) is 13.4. The zero-order valence-electron chi connectivity index (χ0n) is 24.3. The molecule has 1 saturated heterocycles. The third-order valence-electron chi connectivity index (χ3n) is 7.02. The Morgan fingerprint density at radius 2 is 1.76 bits per heavy atom. The largest absolute Gasteiger partial charge is 0.494 e. The summed E-state index contributed by atoms with van der Waals surface area (Å²) >= 11 is 0. The highest BCUT2D eigenvalue weighted by molar-refractivity contribution is 6.09. The van der Waals surface area contributed by atoms with E-state index in [4.69, 9.17) is 9.47 Å². The number of amides is 1. The predicted octanol–water partition coefficient (Wildman–Crippen LogP) is 4.02. The molecule has 1 fully saturated rings. The SMILES string of the molecule is C=CC(=O)Nc1cc(Nc2cc(C(=O)c3ccc(N4CC(OC)C4)cc3)ccn2)c(OC)cc1N(C)CCN(C)C. The fourth-order valence-electron chi connectivity index (χ4n) is 4.47. The van der Waals surface area contributed by atoms with Gasteiger partial charge in [0.2, 0.25) is 5.91 Å². The fraction of sp³-hybridized carbons (Fsp3) is 0.323. The Morgan fingerprint density at radius 1 is 1.02 bits per heavy atom. The van der Waals surface area contributed by atoms with Crippen molar-refractivity contribution in [2.24, 2.45) is 0 Å². The third kappa shape index (κ3) is 7.22. The van der Waals surface area contributed by atoms with Crippen LogP contribution in [-0.2, 0) is 9.53 Å². The average molecular weight is 559 g/mol. The highest BCUT2D eigenvalue weighted by Crippen LogP contribution is 2.38. The van der Waals surface area contributed by atoms with Crippen LogP contribution in [0.25, 0.3) is 0 Å². The zero-order chi connectivity index (χ0) is 29.5. The van der Waals surface area contributed by atoms with Crippen molar-refractivity contribution in [3.8, 4) is 5.75 Å². The summed E-state index contributed by atoms with van der Waals surface area (Å²) in [6.45, 7) is 6.82. The summed E-state index contributed by atoms with van der Waals surface area (Å²) in [7, 11) is 9.27. The standard InChI is InChI=1S/C31H38N6O4/c1-7-30(38)34-25-17-26(28(41-6)18-27(25)36(4)15-14-35(2)3)33-29-16-22(12-13-32-29)31(39)21-8-10-23(11-9-21)37-19-24(20-37)40-5/h7-13,16-18,24H,1,14-15,19-20H2,2-6H3,(H,32,33)(H,34,38).